The Hall–Kier alpha value is -1.87. The van der Waals surface area contributed by atoms with Crippen LogP contribution in [0.1, 0.15) is 12.0 Å². The highest BCUT2D eigenvalue weighted by Gasteiger charge is 2.10. The second kappa shape index (κ2) is 5.46. The van der Waals surface area contributed by atoms with Gasteiger partial charge in [-0.25, -0.2) is 0 Å². The number of methoxy groups -OCH3 is 1. The molecule has 1 rings (SSSR count). The van der Waals surface area contributed by atoms with Crippen LogP contribution in [0.15, 0.2) is 29.2 Å². The second-order valence-electron chi connectivity index (χ2n) is 3.02. The van der Waals surface area contributed by atoms with E-state index in [1.165, 1.54) is 19.2 Å². The van der Waals surface area contributed by atoms with Crippen LogP contribution in [0.4, 0.5) is 3.89 Å². The van der Waals surface area contributed by atoms with E-state index in [2.05, 4.69) is 16.6 Å². The maximum atomic E-state index is 12.5. The number of carbonyl (C=O) groups is 1. The summed E-state index contributed by atoms with van der Waals surface area (Å²) in [6.45, 7) is 0. The topological polar surface area (TPSA) is 60.4 Å². The molecular weight excluding hydrogens is 247 g/mol. The Morgan fingerprint density at radius 2 is 1.94 bits per heavy atom. The maximum Gasteiger partial charge on any atom is 0.332 e. The van der Waals surface area contributed by atoms with Crippen LogP contribution in [0.5, 0.6) is 0 Å². The molecule has 0 aliphatic heterocycles. The van der Waals surface area contributed by atoms with E-state index < -0.39 is 21.1 Å². The van der Waals surface area contributed by atoms with Gasteiger partial charge in [-0.3, -0.25) is 4.79 Å². The Kier molecular flexibility index (Phi) is 4.24. The SMILES string of the molecule is COC(=O)CC#Cc1ccc(S(=O)(=O)F)cc1. The Morgan fingerprint density at radius 3 is 2.41 bits per heavy atom. The molecule has 0 radical (unpaired) electrons. The van der Waals surface area contributed by atoms with Crippen molar-refractivity contribution < 1.29 is 21.8 Å². The van der Waals surface area contributed by atoms with E-state index in [1.807, 2.05) is 0 Å². The van der Waals surface area contributed by atoms with Crippen molar-refractivity contribution in [2.24, 2.45) is 0 Å². The lowest BCUT2D eigenvalue weighted by molar-refractivity contribution is -0.139. The van der Waals surface area contributed by atoms with Gasteiger partial charge in [0.25, 0.3) is 0 Å². The van der Waals surface area contributed by atoms with Crippen LogP contribution < -0.4 is 0 Å². The van der Waals surface area contributed by atoms with Crippen molar-refractivity contribution >= 4 is 16.2 Å². The molecule has 0 saturated heterocycles. The van der Waals surface area contributed by atoms with Gasteiger partial charge in [0.2, 0.25) is 0 Å². The Bertz CT molecular complexity index is 564. The molecule has 0 fully saturated rings. The molecule has 90 valence electrons. The fourth-order valence-electron chi connectivity index (χ4n) is 0.991. The molecular formula is C11H9FO4S. The van der Waals surface area contributed by atoms with Crippen LogP contribution in [0.3, 0.4) is 0 Å². The van der Waals surface area contributed by atoms with Gasteiger partial charge in [0.15, 0.2) is 0 Å². The molecule has 0 spiro atoms. The van der Waals surface area contributed by atoms with Gasteiger partial charge in [0, 0.05) is 5.56 Å². The average molecular weight is 256 g/mol. The van der Waals surface area contributed by atoms with Crippen LogP contribution in [0.2, 0.25) is 0 Å². The molecule has 0 N–H and O–H groups in total. The molecule has 0 heterocycles. The van der Waals surface area contributed by atoms with Crippen molar-refractivity contribution in [3.8, 4) is 11.8 Å². The van der Waals surface area contributed by atoms with Gasteiger partial charge in [0.1, 0.15) is 6.42 Å². The Balaban J connectivity index is 2.79. The molecule has 0 saturated carbocycles. The fourth-order valence-corrected chi connectivity index (χ4v) is 1.45. The molecule has 0 aromatic heterocycles. The number of carbonyl (C=O) groups excluding carboxylic acids is 1. The predicted octanol–water partition coefficient (Wildman–Crippen LogP) is 1.26. The van der Waals surface area contributed by atoms with Gasteiger partial charge >= 0.3 is 16.2 Å². The third-order valence-corrected chi connectivity index (χ3v) is 2.66. The monoisotopic (exact) mass is 256 g/mol. The fraction of sp³-hybridized carbons (Fsp3) is 0.182. The number of hydrogen-bond donors (Lipinski definition) is 0. The lowest BCUT2D eigenvalue weighted by Crippen LogP contribution is -1.97. The first-order valence-corrected chi connectivity index (χ1v) is 5.92. The van der Waals surface area contributed by atoms with Crippen molar-refractivity contribution in [2.45, 2.75) is 11.3 Å². The first-order chi connectivity index (χ1) is 7.93. The van der Waals surface area contributed by atoms with E-state index >= 15 is 0 Å². The summed E-state index contributed by atoms with van der Waals surface area (Å²) < 4.78 is 38.0. The third kappa shape index (κ3) is 4.25. The zero-order valence-electron chi connectivity index (χ0n) is 8.94. The smallest absolute Gasteiger partial charge is 0.332 e. The Labute approximate surface area is 98.6 Å². The van der Waals surface area contributed by atoms with Gasteiger partial charge in [-0.15, -0.1) is 3.89 Å². The average Bonchev–Trinajstić information content (AvgIpc) is 2.28. The maximum absolute atomic E-state index is 12.5. The summed E-state index contributed by atoms with van der Waals surface area (Å²) in [6, 6.07) is 4.93. The van der Waals surface area contributed by atoms with E-state index in [1.54, 1.807) is 0 Å². The number of halogens is 1. The van der Waals surface area contributed by atoms with Gasteiger partial charge in [0.05, 0.1) is 12.0 Å². The molecule has 1 aromatic rings. The summed E-state index contributed by atoms with van der Waals surface area (Å²) in [5.41, 5.74) is 0.487. The summed E-state index contributed by atoms with van der Waals surface area (Å²) in [7, 11) is -3.42. The summed E-state index contributed by atoms with van der Waals surface area (Å²) in [5, 5.41) is 0. The van der Waals surface area contributed by atoms with Crippen LogP contribution in [0.25, 0.3) is 0 Å². The number of hydrogen-bond acceptors (Lipinski definition) is 4. The van der Waals surface area contributed by atoms with E-state index in [0.29, 0.717) is 5.56 Å². The van der Waals surface area contributed by atoms with Crippen molar-refractivity contribution in [2.75, 3.05) is 7.11 Å². The number of rotatable bonds is 2. The van der Waals surface area contributed by atoms with E-state index in [4.69, 9.17) is 0 Å². The van der Waals surface area contributed by atoms with E-state index in [0.717, 1.165) is 12.1 Å². The quantitative estimate of drug-likeness (QED) is 0.454. The van der Waals surface area contributed by atoms with Crippen LogP contribution >= 0.6 is 0 Å². The molecule has 1 aromatic carbocycles. The van der Waals surface area contributed by atoms with Crippen LogP contribution in [-0.4, -0.2) is 21.5 Å². The minimum atomic E-state index is -4.68. The molecule has 6 heteroatoms. The van der Waals surface area contributed by atoms with Gasteiger partial charge in [-0.2, -0.15) is 8.42 Å². The molecule has 0 amide bonds. The molecule has 0 bridgehead atoms. The highest BCUT2D eigenvalue weighted by atomic mass is 32.3. The standard InChI is InChI=1S/C11H9FO4S/c1-16-11(13)4-2-3-9-5-7-10(8-6-9)17(12,14)15/h5-8H,4H2,1H3. The summed E-state index contributed by atoms with van der Waals surface area (Å²) in [4.78, 5) is 10.3. The van der Waals surface area contributed by atoms with E-state index in [9.17, 15) is 17.1 Å². The highest BCUT2D eigenvalue weighted by Crippen LogP contribution is 2.12. The lowest BCUT2D eigenvalue weighted by atomic mass is 10.2. The highest BCUT2D eigenvalue weighted by molar-refractivity contribution is 7.86. The van der Waals surface area contributed by atoms with Gasteiger partial charge < -0.3 is 4.74 Å². The zero-order chi connectivity index (χ0) is 12.9. The molecule has 17 heavy (non-hydrogen) atoms. The number of benzene rings is 1. The van der Waals surface area contributed by atoms with Crippen molar-refractivity contribution in [3.63, 3.8) is 0 Å². The Morgan fingerprint density at radius 1 is 1.35 bits per heavy atom. The van der Waals surface area contributed by atoms with Crippen LogP contribution in [0, 0.1) is 11.8 Å². The van der Waals surface area contributed by atoms with Crippen molar-refractivity contribution in [1.29, 1.82) is 0 Å². The minimum Gasteiger partial charge on any atom is -0.468 e. The predicted molar refractivity (Wildman–Crippen MR) is 58.2 cm³/mol. The molecule has 0 unspecified atom stereocenters. The van der Waals surface area contributed by atoms with Crippen molar-refractivity contribution in [1.82, 2.24) is 0 Å². The summed E-state index contributed by atoms with van der Waals surface area (Å²) in [6.07, 6.45) is -0.0559. The van der Waals surface area contributed by atoms with E-state index in [-0.39, 0.29) is 6.42 Å². The minimum absolute atomic E-state index is 0.0559. The molecule has 4 nitrogen and oxygen atoms in total. The second-order valence-corrected chi connectivity index (χ2v) is 4.36. The summed E-state index contributed by atoms with van der Waals surface area (Å²) in [5.74, 6) is 4.71. The first kappa shape index (κ1) is 13.2. The van der Waals surface area contributed by atoms with Crippen LogP contribution in [-0.2, 0) is 19.8 Å². The largest absolute Gasteiger partial charge is 0.468 e. The first-order valence-electron chi connectivity index (χ1n) is 4.54. The lowest BCUT2D eigenvalue weighted by Gasteiger charge is -1.94. The number of esters is 1. The molecule has 0 atom stereocenters. The molecule has 0 aliphatic carbocycles. The molecule has 0 aliphatic rings. The van der Waals surface area contributed by atoms with Gasteiger partial charge in [-0.1, -0.05) is 11.8 Å². The summed E-state index contributed by atoms with van der Waals surface area (Å²) >= 11 is 0. The third-order valence-electron chi connectivity index (χ3n) is 1.83. The van der Waals surface area contributed by atoms with Gasteiger partial charge in [-0.05, 0) is 24.3 Å². The van der Waals surface area contributed by atoms with Crippen molar-refractivity contribution in [3.05, 3.63) is 29.8 Å². The number of ether oxygens (including phenoxy) is 1. The zero-order valence-corrected chi connectivity index (χ0v) is 9.75. The normalized spacial score (nSPS) is 10.2.